The van der Waals surface area contributed by atoms with Crippen molar-refractivity contribution in [3.05, 3.63) is 23.3 Å². The summed E-state index contributed by atoms with van der Waals surface area (Å²) >= 11 is 0. The van der Waals surface area contributed by atoms with Crippen molar-refractivity contribution >= 4 is 5.97 Å². The Labute approximate surface area is 121 Å². The van der Waals surface area contributed by atoms with Crippen LogP contribution in [0.2, 0.25) is 0 Å². The minimum Gasteiger partial charge on any atom is -0.481 e. The van der Waals surface area contributed by atoms with E-state index in [1.54, 1.807) is 6.33 Å². The van der Waals surface area contributed by atoms with Gasteiger partial charge in [-0.15, -0.1) is 0 Å². The van der Waals surface area contributed by atoms with E-state index < -0.39 is 5.97 Å². The van der Waals surface area contributed by atoms with Crippen LogP contribution in [-0.2, 0) is 11.2 Å². The van der Waals surface area contributed by atoms with Crippen molar-refractivity contribution in [3.8, 4) is 0 Å². The number of carboxylic acids is 1. The molecule has 0 unspecified atom stereocenters. The van der Waals surface area contributed by atoms with Gasteiger partial charge in [-0.2, -0.15) is 0 Å². The summed E-state index contributed by atoms with van der Waals surface area (Å²) in [6.07, 6.45) is 10.9. The molecule has 112 valence electrons. The fourth-order valence-corrected chi connectivity index (χ4v) is 2.44. The van der Waals surface area contributed by atoms with Crippen LogP contribution in [0.1, 0.15) is 68.3 Å². The zero-order valence-corrected chi connectivity index (χ0v) is 12.7. The van der Waals surface area contributed by atoms with E-state index in [-0.39, 0.29) is 0 Å². The van der Waals surface area contributed by atoms with Crippen molar-refractivity contribution in [3.63, 3.8) is 0 Å². The number of nitrogens with zero attached hydrogens (tertiary/aromatic N) is 2. The van der Waals surface area contributed by atoms with Gasteiger partial charge >= 0.3 is 5.97 Å². The van der Waals surface area contributed by atoms with Crippen LogP contribution in [0.15, 0.2) is 6.33 Å². The fourth-order valence-electron chi connectivity index (χ4n) is 2.44. The highest BCUT2D eigenvalue weighted by Crippen LogP contribution is 2.14. The summed E-state index contributed by atoms with van der Waals surface area (Å²) in [6.45, 7) is 4.10. The van der Waals surface area contributed by atoms with E-state index >= 15 is 0 Å². The van der Waals surface area contributed by atoms with Gasteiger partial charge in [0, 0.05) is 17.8 Å². The van der Waals surface area contributed by atoms with E-state index in [2.05, 4.69) is 9.97 Å². The van der Waals surface area contributed by atoms with Gasteiger partial charge in [-0.25, -0.2) is 9.97 Å². The molecule has 1 rings (SSSR count). The van der Waals surface area contributed by atoms with Gasteiger partial charge in [-0.3, -0.25) is 4.79 Å². The maximum atomic E-state index is 10.4. The summed E-state index contributed by atoms with van der Waals surface area (Å²) < 4.78 is 0. The van der Waals surface area contributed by atoms with E-state index in [0.29, 0.717) is 6.42 Å². The summed E-state index contributed by atoms with van der Waals surface area (Å²) in [5.41, 5.74) is 3.51. The monoisotopic (exact) mass is 278 g/mol. The highest BCUT2D eigenvalue weighted by atomic mass is 16.4. The number of aryl methyl sites for hydroxylation is 2. The maximum absolute atomic E-state index is 10.4. The number of unbranched alkanes of at least 4 members (excludes halogenated alkanes) is 6. The van der Waals surface area contributed by atoms with Crippen LogP contribution in [0, 0.1) is 13.8 Å². The Bertz CT molecular complexity index is 399. The molecule has 0 aromatic carbocycles. The van der Waals surface area contributed by atoms with Crippen LogP contribution in [-0.4, -0.2) is 21.0 Å². The van der Waals surface area contributed by atoms with Crippen LogP contribution in [0.3, 0.4) is 0 Å². The largest absolute Gasteiger partial charge is 0.481 e. The Morgan fingerprint density at radius 1 is 0.950 bits per heavy atom. The van der Waals surface area contributed by atoms with E-state index in [4.69, 9.17) is 5.11 Å². The Morgan fingerprint density at radius 3 is 2.00 bits per heavy atom. The number of carbonyl (C=O) groups is 1. The van der Waals surface area contributed by atoms with Crippen molar-refractivity contribution in [2.24, 2.45) is 0 Å². The highest BCUT2D eigenvalue weighted by Gasteiger charge is 2.04. The van der Waals surface area contributed by atoms with Crippen LogP contribution < -0.4 is 0 Å². The van der Waals surface area contributed by atoms with Crippen LogP contribution in [0.25, 0.3) is 0 Å². The van der Waals surface area contributed by atoms with E-state index in [1.165, 1.54) is 31.2 Å². The molecule has 0 atom stereocenters. The zero-order chi connectivity index (χ0) is 14.8. The Hall–Kier alpha value is -1.45. The first-order chi connectivity index (χ1) is 9.61. The second-order valence-electron chi connectivity index (χ2n) is 5.39. The van der Waals surface area contributed by atoms with E-state index in [0.717, 1.165) is 37.1 Å². The summed E-state index contributed by atoms with van der Waals surface area (Å²) in [5.74, 6) is -0.680. The Kier molecular flexibility index (Phi) is 7.85. The van der Waals surface area contributed by atoms with E-state index in [9.17, 15) is 4.79 Å². The van der Waals surface area contributed by atoms with Gasteiger partial charge in [-0.05, 0) is 38.7 Å². The molecule has 1 N–H and O–H groups in total. The summed E-state index contributed by atoms with van der Waals surface area (Å²) in [7, 11) is 0. The van der Waals surface area contributed by atoms with Crippen molar-refractivity contribution < 1.29 is 9.90 Å². The summed E-state index contributed by atoms with van der Waals surface area (Å²) in [5, 5.41) is 8.53. The first-order valence-electron chi connectivity index (χ1n) is 7.60. The predicted molar refractivity (Wildman–Crippen MR) is 79.8 cm³/mol. The van der Waals surface area contributed by atoms with Crippen LogP contribution >= 0.6 is 0 Å². The molecule has 0 saturated carbocycles. The van der Waals surface area contributed by atoms with Gasteiger partial charge in [-0.1, -0.05) is 32.1 Å². The molecule has 0 radical (unpaired) electrons. The number of carboxylic acid groups (broad SMARTS) is 1. The van der Waals surface area contributed by atoms with Gasteiger partial charge < -0.3 is 5.11 Å². The average Bonchev–Trinajstić information content (AvgIpc) is 2.39. The fraction of sp³-hybridized carbons (Fsp3) is 0.688. The standard InChI is InChI=1S/C16H26N2O2/c1-13-15(14(2)18-12-17-13)10-8-6-4-3-5-7-9-11-16(19)20/h12H,3-11H2,1-2H3,(H,19,20). The topological polar surface area (TPSA) is 63.1 Å². The summed E-state index contributed by atoms with van der Waals surface area (Å²) in [4.78, 5) is 18.8. The van der Waals surface area contributed by atoms with Crippen molar-refractivity contribution in [2.75, 3.05) is 0 Å². The third-order valence-corrected chi connectivity index (χ3v) is 3.69. The van der Waals surface area contributed by atoms with Crippen molar-refractivity contribution in [1.29, 1.82) is 0 Å². The van der Waals surface area contributed by atoms with E-state index in [1.807, 2.05) is 13.8 Å². The number of hydrogen-bond donors (Lipinski definition) is 1. The number of rotatable bonds is 10. The van der Waals surface area contributed by atoms with Crippen LogP contribution in [0.4, 0.5) is 0 Å². The lowest BCUT2D eigenvalue weighted by Crippen LogP contribution is -1.99. The highest BCUT2D eigenvalue weighted by molar-refractivity contribution is 5.66. The quantitative estimate of drug-likeness (QED) is 0.660. The minimum absolute atomic E-state index is 0.312. The lowest BCUT2D eigenvalue weighted by molar-refractivity contribution is -0.137. The van der Waals surface area contributed by atoms with Gasteiger partial charge in [0.05, 0.1) is 0 Å². The molecule has 0 aliphatic heterocycles. The molecule has 0 fully saturated rings. The summed E-state index contributed by atoms with van der Waals surface area (Å²) in [6, 6.07) is 0. The third-order valence-electron chi connectivity index (χ3n) is 3.69. The molecule has 1 aromatic rings. The van der Waals surface area contributed by atoms with Gasteiger partial charge in [0.15, 0.2) is 0 Å². The first kappa shape index (κ1) is 16.6. The van der Waals surface area contributed by atoms with Crippen molar-refractivity contribution in [1.82, 2.24) is 9.97 Å². The molecule has 4 nitrogen and oxygen atoms in total. The SMILES string of the molecule is Cc1ncnc(C)c1CCCCCCCCCC(=O)O. The molecule has 0 spiro atoms. The molecular weight excluding hydrogens is 252 g/mol. The average molecular weight is 278 g/mol. The van der Waals surface area contributed by atoms with Gasteiger partial charge in [0.1, 0.15) is 6.33 Å². The second-order valence-corrected chi connectivity index (χ2v) is 5.39. The molecule has 1 aromatic heterocycles. The Balaban J connectivity index is 2.04. The van der Waals surface area contributed by atoms with Crippen LogP contribution in [0.5, 0.6) is 0 Å². The predicted octanol–water partition coefficient (Wildman–Crippen LogP) is 3.84. The molecule has 0 amide bonds. The molecule has 0 bridgehead atoms. The van der Waals surface area contributed by atoms with Crippen molar-refractivity contribution in [2.45, 2.75) is 71.6 Å². The normalized spacial score (nSPS) is 10.7. The first-order valence-corrected chi connectivity index (χ1v) is 7.60. The number of aromatic nitrogens is 2. The molecule has 0 aliphatic carbocycles. The molecular formula is C16H26N2O2. The smallest absolute Gasteiger partial charge is 0.303 e. The molecule has 20 heavy (non-hydrogen) atoms. The third kappa shape index (κ3) is 6.64. The lowest BCUT2D eigenvalue weighted by atomic mass is 10.0. The Morgan fingerprint density at radius 2 is 1.45 bits per heavy atom. The molecule has 1 heterocycles. The maximum Gasteiger partial charge on any atom is 0.303 e. The number of hydrogen-bond acceptors (Lipinski definition) is 3. The molecule has 0 saturated heterocycles. The van der Waals surface area contributed by atoms with Gasteiger partial charge in [0.25, 0.3) is 0 Å². The van der Waals surface area contributed by atoms with Gasteiger partial charge in [0.2, 0.25) is 0 Å². The molecule has 0 aliphatic rings. The lowest BCUT2D eigenvalue weighted by Gasteiger charge is -2.07. The number of aliphatic carboxylic acids is 1. The zero-order valence-electron chi connectivity index (χ0n) is 12.7. The molecule has 4 heteroatoms. The second kappa shape index (κ2) is 9.45. The minimum atomic E-state index is -0.680.